The predicted molar refractivity (Wildman–Crippen MR) is 70.4 cm³/mol. The minimum atomic E-state index is -0.577. The second-order valence-electron chi connectivity index (χ2n) is 5.34. The van der Waals surface area contributed by atoms with E-state index >= 15 is 0 Å². The normalized spacial score (nSPS) is 29.0. The fraction of sp³-hybridized carbons (Fsp3) is 0.500. The monoisotopic (exact) mass is 262 g/mol. The Kier molecular flexibility index (Phi) is 3.06. The molecule has 0 spiro atoms. The highest BCUT2D eigenvalue weighted by Gasteiger charge is 2.35. The van der Waals surface area contributed by atoms with Crippen molar-refractivity contribution >= 4 is 5.91 Å². The third-order valence-electron chi connectivity index (χ3n) is 3.59. The summed E-state index contributed by atoms with van der Waals surface area (Å²) < 4.78 is 11.2. The molecule has 0 radical (unpaired) electrons. The summed E-state index contributed by atoms with van der Waals surface area (Å²) in [6.07, 6.45) is 0.357. The zero-order chi connectivity index (χ0) is 13.3. The second-order valence-corrected chi connectivity index (χ2v) is 5.34. The van der Waals surface area contributed by atoms with Crippen LogP contribution >= 0.6 is 0 Å². The van der Waals surface area contributed by atoms with Crippen LogP contribution in [0.25, 0.3) is 0 Å². The highest BCUT2D eigenvalue weighted by molar-refractivity contribution is 5.82. The van der Waals surface area contributed by atoms with Crippen LogP contribution in [-0.2, 0) is 4.79 Å². The second kappa shape index (κ2) is 4.74. The van der Waals surface area contributed by atoms with E-state index in [-0.39, 0.29) is 18.1 Å². The first-order chi connectivity index (χ1) is 9.16. The van der Waals surface area contributed by atoms with Gasteiger partial charge in [-0.25, -0.2) is 0 Å². The van der Waals surface area contributed by atoms with E-state index in [4.69, 9.17) is 9.47 Å². The Morgan fingerprint density at radius 3 is 2.95 bits per heavy atom. The molecule has 2 heterocycles. The lowest BCUT2D eigenvalue weighted by Gasteiger charge is -2.30. The maximum absolute atomic E-state index is 12.2. The number of carbonyl (C=O) groups is 1. The lowest BCUT2D eigenvalue weighted by Crippen LogP contribution is -2.54. The van der Waals surface area contributed by atoms with Gasteiger partial charge in [0.2, 0.25) is 6.10 Å². The SMILES string of the molecule is CC1(NC(=O)C2COc3ccccc3O2)CCNC1. The Bertz CT molecular complexity index is 483. The molecule has 5 nitrogen and oxygen atoms in total. The molecule has 0 aliphatic carbocycles. The molecule has 0 saturated carbocycles. The molecule has 102 valence electrons. The quantitative estimate of drug-likeness (QED) is 0.823. The highest BCUT2D eigenvalue weighted by atomic mass is 16.6. The zero-order valence-electron chi connectivity index (χ0n) is 10.9. The molecule has 1 aromatic carbocycles. The number of amides is 1. The van der Waals surface area contributed by atoms with E-state index in [1.807, 2.05) is 31.2 Å². The van der Waals surface area contributed by atoms with E-state index in [1.165, 1.54) is 0 Å². The van der Waals surface area contributed by atoms with E-state index in [1.54, 1.807) is 0 Å². The van der Waals surface area contributed by atoms with Crippen molar-refractivity contribution in [2.24, 2.45) is 0 Å². The van der Waals surface area contributed by atoms with Gasteiger partial charge in [-0.15, -0.1) is 0 Å². The van der Waals surface area contributed by atoms with Gasteiger partial charge in [0.1, 0.15) is 6.61 Å². The summed E-state index contributed by atoms with van der Waals surface area (Å²) in [6, 6.07) is 7.40. The lowest BCUT2D eigenvalue weighted by atomic mass is 10.0. The minimum Gasteiger partial charge on any atom is -0.485 e. The maximum atomic E-state index is 12.2. The van der Waals surface area contributed by atoms with Gasteiger partial charge in [0.15, 0.2) is 11.5 Å². The average Bonchev–Trinajstić information content (AvgIpc) is 2.84. The number of fused-ring (bicyclic) bond motifs is 1. The summed E-state index contributed by atoms with van der Waals surface area (Å²) >= 11 is 0. The first-order valence-corrected chi connectivity index (χ1v) is 6.58. The van der Waals surface area contributed by atoms with Crippen molar-refractivity contribution in [3.63, 3.8) is 0 Å². The van der Waals surface area contributed by atoms with E-state index in [9.17, 15) is 4.79 Å². The van der Waals surface area contributed by atoms with Crippen LogP contribution in [-0.4, -0.2) is 37.2 Å². The van der Waals surface area contributed by atoms with E-state index in [2.05, 4.69) is 10.6 Å². The van der Waals surface area contributed by atoms with Crippen LogP contribution in [0.4, 0.5) is 0 Å². The van der Waals surface area contributed by atoms with Gasteiger partial charge >= 0.3 is 0 Å². The average molecular weight is 262 g/mol. The summed E-state index contributed by atoms with van der Waals surface area (Å²) in [5.41, 5.74) is -0.183. The Hall–Kier alpha value is -1.75. The number of para-hydroxylation sites is 2. The first-order valence-electron chi connectivity index (χ1n) is 6.58. The Morgan fingerprint density at radius 1 is 1.42 bits per heavy atom. The molecule has 19 heavy (non-hydrogen) atoms. The summed E-state index contributed by atoms with van der Waals surface area (Å²) in [5, 5.41) is 6.30. The first kappa shape index (κ1) is 12.3. The fourth-order valence-corrected chi connectivity index (χ4v) is 2.45. The van der Waals surface area contributed by atoms with E-state index < -0.39 is 6.10 Å². The van der Waals surface area contributed by atoms with E-state index in [0.29, 0.717) is 11.5 Å². The van der Waals surface area contributed by atoms with Gasteiger partial charge in [0.25, 0.3) is 5.91 Å². The van der Waals surface area contributed by atoms with Crippen molar-refractivity contribution < 1.29 is 14.3 Å². The molecule has 0 bridgehead atoms. The van der Waals surface area contributed by atoms with Gasteiger partial charge in [-0.1, -0.05) is 12.1 Å². The largest absolute Gasteiger partial charge is 0.485 e. The minimum absolute atomic E-state index is 0.110. The summed E-state index contributed by atoms with van der Waals surface area (Å²) in [4.78, 5) is 12.2. The Labute approximate surface area is 112 Å². The number of hydrogen-bond acceptors (Lipinski definition) is 4. The maximum Gasteiger partial charge on any atom is 0.265 e. The molecule has 1 amide bonds. The van der Waals surface area contributed by atoms with Crippen molar-refractivity contribution in [2.45, 2.75) is 25.0 Å². The molecule has 2 unspecified atom stereocenters. The van der Waals surface area contributed by atoms with Crippen molar-refractivity contribution in [2.75, 3.05) is 19.7 Å². The molecule has 2 atom stereocenters. The number of benzene rings is 1. The third-order valence-corrected chi connectivity index (χ3v) is 3.59. The molecule has 3 rings (SSSR count). The van der Waals surface area contributed by atoms with Crippen LogP contribution in [0.2, 0.25) is 0 Å². The van der Waals surface area contributed by atoms with Gasteiger partial charge < -0.3 is 20.1 Å². The smallest absolute Gasteiger partial charge is 0.265 e. The van der Waals surface area contributed by atoms with E-state index in [0.717, 1.165) is 19.5 Å². The van der Waals surface area contributed by atoms with Crippen LogP contribution in [0, 0.1) is 0 Å². The van der Waals surface area contributed by atoms with Gasteiger partial charge in [-0.05, 0) is 32.0 Å². The standard InChI is InChI=1S/C14H18N2O3/c1-14(6-7-15-9-14)16-13(17)12-8-18-10-4-2-3-5-11(10)19-12/h2-5,12,15H,6-9H2,1H3,(H,16,17). The van der Waals surface area contributed by atoms with Gasteiger partial charge in [0.05, 0.1) is 5.54 Å². The lowest BCUT2D eigenvalue weighted by molar-refractivity contribution is -0.132. The number of hydrogen-bond donors (Lipinski definition) is 2. The van der Waals surface area contributed by atoms with Crippen LogP contribution in [0.3, 0.4) is 0 Å². The molecular formula is C14H18N2O3. The molecule has 2 N–H and O–H groups in total. The summed E-state index contributed by atoms with van der Waals surface area (Å²) in [7, 11) is 0. The van der Waals surface area contributed by atoms with Crippen molar-refractivity contribution in [1.82, 2.24) is 10.6 Å². The van der Waals surface area contributed by atoms with Gasteiger partial charge in [0, 0.05) is 6.54 Å². The van der Waals surface area contributed by atoms with Crippen LogP contribution in [0.1, 0.15) is 13.3 Å². The molecule has 1 fully saturated rings. The van der Waals surface area contributed by atoms with Crippen LogP contribution in [0.5, 0.6) is 11.5 Å². The fourth-order valence-electron chi connectivity index (χ4n) is 2.45. The highest BCUT2D eigenvalue weighted by Crippen LogP contribution is 2.31. The molecular weight excluding hydrogens is 244 g/mol. The molecule has 2 aliphatic heterocycles. The van der Waals surface area contributed by atoms with Gasteiger partial charge in [-0.2, -0.15) is 0 Å². The van der Waals surface area contributed by atoms with Crippen molar-refractivity contribution in [3.05, 3.63) is 24.3 Å². The third kappa shape index (κ3) is 2.51. The molecule has 1 aromatic rings. The molecule has 2 aliphatic rings. The number of carbonyl (C=O) groups excluding carboxylic acids is 1. The van der Waals surface area contributed by atoms with Crippen molar-refractivity contribution in [1.29, 1.82) is 0 Å². The zero-order valence-corrected chi connectivity index (χ0v) is 10.9. The predicted octanol–water partition coefficient (Wildman–Crippen LogP) is 0.695. The Morgan fingerprint density at radius 2 is 2.21 bits per heavy atom. The van der Waals surface area contributed by atoms with Gasteiger partial charge in [-0.3, -0.25) is 4.79 Å². The molecule has 5 heteroatoms. The summed E-state index contributed by atoms with van der Waals surface area (Å²) in [6.45, 7) is 4.03. The number of rotatable bonds is 2. The number of nitrogens with one attached hydrogen (secondary N) is 2. The van der Waals surface area contributed by atoms with Crippen LogP contribution < -0.4 is 20.1 Å². The number of ether oxygens (including phenoxy) is 2. The molecule has 1 saturated heterocycles. The van der Waals surface area contributed by atoms with Crippen molar-refractivity contribution in [3.8, 4) is 11.5 Å². The topological polar surface area (TPSA) is 59.6 Å². The Balaban J connectivity index is 1.66. The summed E-state index contributed by atoms with van der Waals surface area (Å²) in [5.74, 6) is 1.21. The van der Waals surface area contributed by atoms with Crippen LogP contribution in [0.15, 0.2) is 24.3 Å². The molecule has 0 aromatic heterocycles.